The van der Waals surface area contributed by atoms with Gasteiger partial charge in [-0.2, -0.15) is 4.98 Å². The van der Waals surface area contributed by atoms with Crippen LogP contribution < -0.4 is 5.56 Å². The Balaban J connectivity index is 1.75. The van der Waals surface area contributed by atoms with Gasteiger partial charge in [0.2, 0.25) is 0 Å². The molecule has 0 aliphatic heterocycles. The molecular formula is C16H13N5O2. The Morgan fingerprint density at radius 2 is 2.04 bits per heavy atom. The summed E-state index contributed by atoms with van der Waals surface area (Å²) in [6, 6.07) is 10.8. The van der Waals surface area contributed by atoms with E-state index >= 15 is 0 Å². The maximum absolute atomic E-state index is 12.2. The van der Waals surface area contributed by atoms with Crippen molar-refractivity contribution in [1.82, 2.24) is 24.1 Å². The second-order valence-electron chi connectivity index (χ2n) is 5.18. The third-order valence-corrected chi connectivity index (χ3v) is 3.53. The van der Waals surface area contributed by atoms with Crippen molar-refractivity contribution in [3.05, 3.63) is 70.7 Å². The number of aryl methyl sites for hydroxylation is 1. The highest BCUT2D eigenvalue weighted by Crippen LogP contribution is 2.18. The molecule has 4 aromatic rings. The van der Waals surface area contributed by atoms with Gasteiger partial charge in [0.1, 0.15) is 11.3 Å². The summed E-state index contributed by atoms with van der Waals surface area (Å²) in [6.45, 7) is 2.22. The van der Waals surface area contributed by atoms with Crippen LogP contribution in [0.4, 0.5) is 0 Å². The minimum absolute atomic E-state index is 0.104. The summed E-state index contributed by atoms with van der Waals surface area (Å²) in [5, 5.41) is 3.81. The minimum Gasteiger partial charge on any atom is -0.338 e. The normalized spacial score (nSPS) is 11.2. The molecular weight excluding hydrogens is 294 g/mol. The monoisotopic (exact) mass is 307 g/mol. The van der Waals surface area contributed by atoms with E-state index in [-0.39, 0.29) is 5.56 Å². The number of rotatable bonds is 3. The van der Waals surface area contributed by atoms with Crippen LogP contribution >= 0.6 is 0 Å². The van der Waals surface area contributed by atoms with Crippen molar-refractivity contribution in [3.63, 3.8) is 0 Å². The molecule has 0 saturated carbocycles. The van der Waals surface area contributed by atoms with Gasteiger partial charge in [0.05, 0.1) is 12.2 Å². The van der Waals surface area contributed by atoms with Crippen LogP contribution in [0.2, 0.25) is 0 Å². The lowest BCUT2D eigenvalue weighted by Crippen LogP contribution is -2.16. The molecule has 0 fully saturated rings. The number of hydrogen-bond donors (Lipinski definition) is 0. The molecule has 4 heterocycles. The van der Waals surface area contributed by atoms with Crippen LogP contribution in [0.5, 0.6) is 0 Å². The van der Waals surface area contributed by atoms with E-state index in [1.165, 1.54) is 10.5 Å². The van der Waals surface area contributed by atoms with Crippen LogP contribution in [0.3, 0.4) is 0 Å². The van der Waals surface area contributed by atoms with Gasteiger partial charge in [-0.25, -0.2) is 4.98 Å². The minimum atomic E-state index is -0.104. The van der Waals surface area contributed by atoms with E-state index in [0.29, 0.717) is 29.6 Å². The molecule has 23 heavy (non-hydrogen) atoms. The van der Waals surface area contributed by atoms with Crippen molar-refractivity contribution in [3.8, 4) is 11.6 Å². The maximum Gasteiger partial charge on any atom is 0.274 e. The van der Waals surface area contributed by atoms with E-state index < -0.39 is 0 Å². The molecule has 7 nitrogen and oxygen atoms in total. The summed E-state index contributed by atoms with van der Waals surface area (Å²) in [6.07, 6.45) is 3.60. The predicted molar refractivity (Wildman–Crippen MR) is 83.0 cm³/mol. The lowest BCUT2D eigenvalue weighted by Gasteiger charge is -2.07. The van der Waals surface area contributed by atoms with E-state index in [2.05, 4.69) is 15.1 Å². The van der Waals surface area contributed by atoms with Crippen molar-refractivity contribution in [2.24, 2.45) is 0 Å². The van der Waals surface area contributed by atoms with E-state index in [0.717, 1.165) is 5.69 Å². The Labute approximate surface area is 130 Å². The molecule has 0 atom stereocenters. The number of aromatic nitrogens is 5. The highest BCUT2D eigenvalue weighted by molar-refractivity contribution is 5.48. The Bertz CT molecular complexity index is 1040. The molecule has 4 aromatic heterocycles. The third-order valence-electron chi connectivity index (χ3n) is 3.53. The topological polar surface area (TPSA) is 78.2 Å². The van der Waals surface area contributed by atoms with Crippen LogP contribution in [-0.2, 0) is 6.54 Å². The van der Waals surface area contributed by atoms with Gasteiger partial charge < -0.3 is 9.09 Å². The summed E-state index contributed by atoms with van der Waals surface area (Å²) >= 11 is 0. The fourth-order valence-electron chi connectivity index (χ4n) is 2.51. The molecule has 0 unspecified atom stereocenters. The highest BCUT2D eigenvalue weighted by Gasteiger charge is 2.12. The first-order valence-electron chi connectivity index (χ1n) is 7.14. The van der Waals surface area contributed by atoms with Crippen molar-refractivity contribution >= 4 is 5.65 Å². The summed E-state index contributed by atoms with van der Waals surface area (Å²) in [5.74, 6) is 1.03. The fraction of sp³-hybridized carbons (Fsp3) is 0.125. The van der Waals surface area contributed by atoms with Gasteiger partial charge in [0, 0.05) is 18.5 Å². The molecule has 0 bridgehead atoms. The van der Waals surface area contributed by atoms with Crippen LogP contribution in [-0.4, -0.2) is 24.1 Å². The Kier molecular flexibility index (Phi) is 3.04. The highest BCUT2D eigenvalue weighted by atomic mass is 16.5. The second kappa shape index (κ2) is 5.20. The summed E-state index contributed by atoms with van der Waals surface area (Å²) in [5.41, 5.74) is 1.99. The third kappa shape index (κ3) is 2.42. The van der Waals surface area contributed by atoms with Gasteiger partial charge in [-0.15, -0.1) is 0 Å². The van der Waals surface area contributed by atoms with Crippen LogP contribution in [0.25, 0.3) is 17.2 Å². The maximum atomic E-state index is 12.2. The predicted octanol–water partition coefficient (Wildman–Crippen LogP) is 1.90. The zero-order chi connectivity index (χ0) is 15.8. The molecule has 114 valence electrons. The van der Waals surface area contributed by atoms with E-state index in [9.17, 15) is 4.79 Å². The number of hydrogen-bond acceptors (Lipinski definition) is 5. The fourth-order valence-corrected chi connectivity index (χ4v) is 2.51. The first-order valence-corrected chi connectivity index (χ1v) is 7.14. The Morgan fingerprint density at radius 1 is 1.13 bits per heavy atom. The molecule has 7 heteroatoms. The zero-order valence-electron chi connectivity index (χ0n) is 12.4. The number of fused-ring (bicyclic) bond motifs is 1. The molecule has 0 aliphatic carbocycles. The van der Waals surface area contributed by atoms with Crippen molar-refractivity contribution in [1.29, 1.82) is 0 Å². The lowest BCUT2D eigenvalue weighted by atomic mass is 10.3. The van der Waals surface area contributed by atoms with Gasteiger partial charge in [-0.05, 0) is 31.2 Å². The van der Waals surface area contributed by atoms with E-state index in [1.54, 1.807) is 19.2 Å². The molecule has 0 N–H and O–H groups in total. The van der Waals surface area contributed by atoms with Gasteiger partial charge in [0.15, 0.2) is 5.82 Å². The standard InChI is InChI=1S/C16H13N5O2/c1-11-17-16(23-19-11)13-5-4-7-20(13)10-12-9-15(22)21-8-3-2-6-14(21)18-12/h2-9H,10H2,1H3. The quantitative estimate of drug-likeness (QED) is 0.577. The zero-order valence-corrected chi connectivity index (χ0v) is 12.4. The first kappa shape index (κ1) is 13.4. The molecule has 0 aromatic carbocycles. The van der Waals surface area contributed by atoms with Gasteiger partial charge >= 0.3 is 0 Å². The van der Waals surface area contributed by atoms with Crippen LogP contribution in [0, 0.1) is 6.92 Å². The van der Waals surface area contributed by atoms with Crippen LogP contribution in [0.1, 0.15) is 11.5 Å². The summed E-state index contributed by atoms with van der Waals surface area (Å²) < 4.78 is 8.65. The average molecular weight is 307 g/mol. The van der Waals surface area contributed by atoms with Gasteiger partial charge in [-0.1, -0.05) is 11.2 Å². The average Bonchev–Trinajstić information content (AvgIpc) is 3.16. The van der Waals surface area contributed by atoms with Crippen molar-refractivity contribution in [2.75, 3.05) is 0 Å². The van der Waals surface area contributed by atoms with Crippen molar-refractivity contribution < 1.29 is 4.52 Å². The smallest absolute Gasteiger partial charge is 0.274 e. The van der Waals surface area contributed by atoms with Crippen LogP contribution in [0.15, 0.2) is 58.1 Å². The number of pyridine rings is 1. The van der Waals surface area contributed by atoms with Gasteiger partial charge in [-0.3, -0.25) is 9.20 Å². The molecule has 4 rings (SSSR count). The second-order valence-corrected chi connectivity index (χ2v) is 5.18. The Hall–Kier alpha value is -3.22. The van der Waals surface area contributed by atoms with Gasteiger partial charge in [0.25, 0.3) is 11.4 Å². The first-order chi connectivity index (χ1) is 11.2. The Morgan fingerprint density at radius 3 is 2.87 bits per heavy atom. The van der Waals surface area contributed by atoms with E-state index in [4.69, 9.17) is 4.52 Å². The lowest BCUT2D eigenvalue weighted by molar-refractivity contribution is 0.422. The SMILES string of the molecule is Cc1noc(-c2cccn2Cc2cc(=O)n3ccccc3n2)n1. The number of nitrogens with zero attached hydrogens (tertiary/aromatic N) is 5. The van der Waals surface area contributed by atoms with E-state index in [1.807, 2.05) is 35.0 Å². The molecule has 0 aliphatic rings. The largest absolute Gasteiger partial charge is 0.338 e. The summed E-state index contributed by atoms with van der Waals surface area (Å²) in [7, 11) is 0. The summed E-state index contributed by atoms with van der Waals surface area (Å²) in [4.78, 5) is 20.9. The van der Waals surface area contributed by atoms with Crippen molar-refractivity contribution in [2.45, 2.75) is 13.5 Å². The molecule has 0 spiro atoms. The molecule has 0 radical (unpaired) electrons. The molecule has 0 amide bonds. The molecule has 0 saturated heterocycles.